The van der Waals surface area contributed by atoms with E-state index in [-0.39, 0.29) is 6.01 Å². The highest BCUT2D eigenvalue weighted by atomic mass is 16.5. The van der Waals surface area contributed by atoms with E-state index in [2.05, 4.69) is 15.1 Å². The third kappa shape index (κ3) is 2.38. The molecule has 1 aromatic heterocycles. The van der Waals surface area contributed by atoms with E-state index in [9.17, 15) is 0 Å². The van der Waals surface area contributed by atoms with Crippen LogP contribution in [-0.4, -0.2) is 37.0 Å². The lowest BCUT2D eigenvalue weighted by Gasteiger charge is -2.29. The lowest BCUT2D eigenvalue weighted by molar-refractivity contribution is 0.138. The van der Waals surface area contributed by atoms with Crippen molar-refractivity contribution in [2.75, 3.05) is 37.4 Å². The van der Waals surface area contributed by atoms with Gasteiger partial charge < -0.3 is 19.8 Å². The maximum atomic E-state index is 5.37. The van der Waals surface area contributed by atoms with Gasteiger partial charge in [0.05, 0.1) is 0 Å². The van der Waals surface area contributed by atoms with E-state index in [1.54, 1.807) is 7.11 Å². The van der Waals surface area contributed by atoms with Crippen LogP contribution in [0.5, 0.6) is 0 Å². The first-order valence-corrected chi connectivity index (χ1v) is 5.12. The molecule has 0 radical (unpaired) electrons. The van der Waals surface area contributed by atoms with Crippen molar-refractivity contribution in [3.63, 3.8) is 0 Å². The molecule has 2 rings (SSSR count). The van der Waals surface area contributed by atoms with Crippen LogP contribution in [-0.2, 0) is 4.74 Å². The SMILES string of the molecule is COCC1CCN(c2nnc(N)o2)CC1. The lowest BCUT2D eigenvalue weighted by atomic mass is 9.98. The van der Waals surface area contributed by atoms with Crippen LogP contribution >= 0.6 is 0 Å². The van der Waals surface area contributed by atoms with Crippen molar-refractivity contribution < 1.29 is 9.15 Å². The summed E-state index contributed by atoms with van der Waals surface area (Å²) in [6.07, 6.45) is 2.19. The highest BCUT2D eigenvalue weighted by Gasteiger charge is 2.22. The average Bonchev–Trinajstić information content (AvgIpc) is 2.67. The number of anilines is 2. The molecule has 0 unspecified atom stereocenters. The number of nitrogens with two attached hydrogens (primary N) is 1. The molecule has 6 heteroatoms. The Bertz CT molecular complexity index is 307. The fourth-order valence-corrected chi connectivity index (χ4v) is 1.88. The molecule has 0 aliphatic carbocycles. The summed E-state index contributed by atoms with van der Waals surface area (Å²) in [5.41, 5.74) is 5.37. The van der Waals surface area contributed by atoms with Crippen molar-refractivity contribution >= 4 is 12.0 Å². The van der Waals surface area contributed by atoms with Gasteiger partial charge in [-0.15, -0.1) is 0 Å². The first kappa shape index (κ1) is 10.2. The summed E-state index contributed by atoms with van der Waals surface area (Å²) in [7, 11) is 1.74. The van der Waals surface area contributed by atoms with Gasteiger partial charge in [-0.05, 0) is 18.8 Å². The fraction of sp³-hybridized carbons (Fsp3) is 0.778. The molecule has 0 saturated carbocycles. The minimum Gasteiger partial charge on any atom is -0.390 e. The summed E-state index contributed by atoms with van der Waals surface area (Å²) in [4.78, 5) is 2.06. The van der Waals surface area contributed by atoms with Crippen LogP contribution in [0.1, 0.15) is 12.8 Å². The van der Waals surface area contributed by atoms with E-state index in [4.69, 9.17) is 14.9 Å². The second-order valence-electron chi connectivity index (χ2n) is 3.81. The Morgan fingerprint density at radius 2 is 2.20 bits per heavy atom. The van der Waals surface area contributed by atoms with Crippen LogP contribution < -0.4 is 10.6 Å². The summed E-state index contributed by atoms with van der Waals surface area (Å²) in [6.45, 7) is 2.69. The van der Waals surface area contributed by atoms with E-state index in [0.29, 0.717) is 11.9 Å². The Morgan fingerprint density at radius 3 is 2.73 bits per heavy atom. The first-order valence-electron chi connectivity index (χ1n) is 5.12. The zero-order valence-electron chi connectivity index (χ0n) is 8.85. The topological polar surface area (TPSA) is 77.4 Å². The quantitative estimate of drug-likeness (QED) is 0.786. The molecule has 0 aromatic carbocycles. The molecular formula is C9H16N4O2. The molecule has 1 saturated heterocycles. The number of ether oxygens (including phenoxy) is 1. The van der Waals surface area contributed by atoms with Gasteiger partial charge in [0.1, 0.15) is 0 Å². The Balaban J connectivity index is 1.88. The Kier molecular flexibility index (Phi) is 3.05. The fourth-order valence-electron chi connectivity index (χ4n) is 1.88. The lowest BCUT2D eigenvalue weighted by Crippen LogP contribution is -2.35. The minimum absolute atomic E-state index is 0.129. The number of rotatable bonds is 3. The molecule has 84 valence electrons. The van der Waals surface area contributed by atoms with Gasteiger partial charge in [0, 0.05) is 26.8 Å². The highest BCUT2D eigenvalue weighted by molar-refractivity contribution is 5.28. The molecule has 2 N–H and O–H groups in total. The summed E-state index contributed by atoms with van der Waals surface area (Å²) < 4.78 is 10.3. The monoisotopic (exact) mass is 212 g/mol. The predicted octanol–water partition coefficient (Wildman–Crippen LogP) is 0.515. The zero-order valence-corrected chi connectivity index (χ0v) is 8.85. The smallest absolute Gasteiger partial charge is 0.319 e. The molecule has 15 heavy (non-hydrogen) atoms. The molecule has 0 atom stereocenters. The van der Waals surface area contributed by atoms with Gasteiger partial charge in [-0.25, -0.2) is 0 Å². The van der Waals surface area contributed by atoms with Crippen molar-refractivity contribution in [3.8, 4) is 0 Å². The second kappa shape index (κ2) is 4.48. The van der Waals surface area contributed by atoms with Crippen molar-refractivity contribution in [1.82, 2.24) is 10.2 Å². The molecule has 0 spiro atoms. The molecule has 6 nitrogen and oxygen atoms in total. The van der Waals surface area contributed by atoms with Crippen LogP contribution in [0.25, 0.3) is 0 Å². The maximum Gasteiger partial charge on any atom is 0.319 e. The van der Waals surface area contributed by atoms with E-state index in [1.807, 2.05) is 0 Å². The summed E-state index contributed by atoms with van der Waals surface area (Å²) in [6, 6.07) is 0.660. The molecule has 1 aromatic rings. The normalized spacial score (nSPS) is 18.3. The predicted molar refractivity (Wildman–Crippen MR) is 55.5 cm³/mol. The number of nitrogen functional groups attached to an aromatic ring is 1. The zero-order chi connectivity index (χ0) is 10.7. The molecule has 1 aliphatic rings. The average molecular weight is 212 g/mol. The molecule has 1 aliphatic heterocycles. The third-order valence-corrected chi connectivity index (χ3v) is 2.72. The van der Waals surface area contributed by atoms with E-state index in [1.165, 1.54) is 0 Å². The van der Waals surface area contributed by atoms with Crippen LogP contribution in [0.4, 0.5) is 12.0 Å². The van der Waals surface area contributed by atoms with Crippen LogP contribution in [0, 0.1) is 5.92 Å². The number of methoxy groups -OCH3 is 1. The number of piperidine rings is 1. The van der Waals surface area contributed by atoms with Crippen LogP contribution in [0.3, 0.4) is 0 Å². The number of hydrogen-bond acceptors (Lipinski definition) is 6. The van der Waals surface area contributed by atoms with Gasteiger partial charge in [-0.2, -0.15) is 0 Å². The van der Waals surface area contributed by atoms with Crippen molar-refractivity contribution in [1.29, 1.82) is 0 Å². The number of hydrogen-bond donors (Lipinski definition) is 1. The molecule has 1 fully saturated rings. The van der Waals surface area contributed by atoms with Gasteiger partial charge in [-0.1, -0.05) is 10.2 Å². The Hall–Kier alpha value is -1.30. The van der Waals surface area contributed by atoms with Crippen molar-refractivity contribution in [2.24, 2.45) is 5.92 Å². The van der Waals surface area contributed by atoms with Gasteiger partial charge in [0.2, 0.25) is 0 Å². The van der Waals surface area contributed by atoms with Gasteiger partial charge in [0.25, 0.3) is 0 Å². The number of aromatic nitrogens is 2. The largest absolute Gasteiger partial charge is 0.390 e. The number of nitrogens with zero attached hydrogens (tertiary/aromatic N) is 3. The second-order valence-corrected chi connectivity index (χ2v) is 3.81. The van der Waals surface area contributed by atoms with E-state index in [0.717, 1.165) is 32.5 Å². The van der Waals surface area contributed by atoms with Gasteiger partial charge in [-0.3, -0.25) is 0 Å². The molecule has 2 heterocycles. The molecule has 0 amide bonds. The first-order chi connectivity index (χ1) is 7.29. The van der Waals surface area contributed by atoms with Crippen molar-refractivity contribution in [3.05, 3.63) is 0 Å². The van der Waals surface area contributed by atoms with Crippen LogP contribution in [0.2, 0.25) is 0 Å². The van der Waals surface area contributed by atoms with Gasteiger partial charge >= 0.3 is 12.0 Å². The minimum atomic E-state index is 0.129. The van der Waals surface area contributed by atoms with Crippen molar-refractivity contribution in [2.45, 2.75) is 12.8 Å². The Morgan fingerprint density at radius 1 is 1.47 bits per heavy atom. The standard InChI is InChI=1S/C9H16N4O2/c1-14-6-7-2-4-13(5-3-7)9-12-11-8(10)15-9/h7H,2-6H2,1H3,(H2,10,11). The summed E-state index contributed by atoms with van der Waals surface area (Å²) in [5.74, 6) is 0.645. The van der Waals surface area contributed by atoms with Gasteiger partial charge in [0.15, 0.2) is 0 Å². The summed E-state index contributed by atoms with van der Waals surface area (Å²) >= 11 is 0. The highest BCUT2D eigenvalue weighted by Crippen LogP contribution is 2.22. The maximum absolute atomic E-state index is 5.37. The molecular weight excluding hydrogens is 196 g/mol. The summed E-state index contributed by atoms with van der Waals surface area (Å²) in [5, 5.41) is 7.51. The van der Waals surface area contributed by atoms with E-state index < -0.39 is 0 Å². The van der Waals surface area contributed by atoms with E-state index >= 15 is 0 Å². The third-order valence-electron chi connectivity index (χ3n) is 2.72. The Labute approximate surface area is 88.4 Å². The molecule has 0 bridgehead atoms. The van der Waals surface area contributed by atoms with Crippen LogP contribution in [0.15, 0.2) is 4.42 Å².